The maximum Gasteiger partial charge on any atom is 0.230 e. The van der Waals surface area contributed by atoms with E-state index >= 15 is 0 Å². The predicted octanol–water partition coefficient (Wildman–Crippen LogP) is 2.09. The van der Waals surface area contributed by atoms with Gasteiger partial charge in [-0.1, -0.05) is 12.1 Å². The van der Waals surface area contributed by atoms with Gasteiger partial charge in [-0.25, -0.2) is 4.98 Å². The van der Waals surface area contributed by atoms with E-state index in [-0.39, 0.29) is 5.91 Å². The molecule has 0 aliphatic rings. The summed E-state index contributed by atoms with van der Waals surface area (Å²) < 4.78 is 0. The zero-order valence-electron chi connectivity index (χ0n) is 10.1. The standard InChI is InChI=1S/C13H15N3OS/c1-9-15-12(8-18-9)6-13(17)16-11-4-2-3-10(5-11)7-14/h2-5,8H,6-7,14H2,1H3,(H,16,17). The Morgan fingerprint density at radius 1 is 1.50 bits per heavy atom. The molecule has 1 heterocycles. The van der Waals surface area contributed by atoms with Gasteiger partial charge in [0.15, 0.2) is 0 Å². The van der Waals surface area contributed by atoms with Crippen molar-refractivity contribution < 1.29 is 4.79 Å². The van der Waals surface area contributed by atoms with Gasteiger partial charge in [0.2, 0.25) is 5.91 Å². The van der Waals surface area contributed by atoms with Crippen molar-refractivity contribution in [2.45, 2.75) is 19.9 Å². The van der Waals surface area contributed by atoms with Crippen molar-refractivity contribution in [2.24, 2.45) is 5.73 Å². The molecule has 0 spiro atoms. The van der Waals surface area contributed by atoms with Crippen LogP contribution in [0.15, 0.2) is 29.6 Å². The second-order valence-electron chi connectivity index (χ2n) is 3.99. The fourth-order valence-electron chi connectivity index (χ4n) is 1.64. The number of rotatable bonds is 4. The molecule has 1 aromatic carbocycles. The van der Waals surface area contributed by atoms with Gasteiger partial charge in [0.1, 0.15) is 0 Å². The van der Waals surface area contributed by atoms with Crippen LogP contribution in [0.2, 0.25) is 0 Å². The van der Waals surface area contributed by atoms with Crippen molar-refractivity contribution in [3.63, 3.8) is 0 Å². The van der Waals surface area contributed by atoms with E-state index in [0.29, 0.717) is 13.0 Å². The summed E-state index contributed by atoms with van der Waals surface area (Å²) >= 11 is 1.55. The van der Waals surface area contributed by atoms with Crippen LogP contribution in [-0.4, -0.2) is 10.9 Å². The SMILES string of the molecule is Cc1nc(CC(=O)Nc2cccc(CN)c2)cs1. The average molecular weight is 261 g/mol. The summed E-state index contributed by atoms with van der Waals surface area (Å²) in [5, 5.41) is 5.73. The molecule has 18 heavy (non-hydrogen) atoms. The van der Waals surface area contributed by atoms with Crippen molar-refractivity contribution >= 4 is 22.9 Å². The molecule has 1 aromatic heterocycles. The fourth-order valence-corrected chi connectivity index (χ4v) is 2.25. The highest BCUT2D eigenvalue weighted by Crippen LogP contribution is 2.12. The number of hydrogen-bond donors (Lipinski definition) is 2. The number of thiazole rings is 1. The summed E-state index contributed by atoms with van der Waals surface area (Å²) in [4.78, 5) is 16.1. The Hall–Kier alpha value is -1.72. The topological polar surface area (TPSA) is 68.0 Å². The number of aromatic nitrogens is 1. The highest BCUT2D eigenvalue weighted by molar-refractivity contribution is 7.09. The normalized spacial score (nSPS) is 10.3. The minimum atomic E-state index is -0.0607. The lowest BCUT2D eigenvalue weighted by atomic mass is 10.2. The van der Waals surface area contributed by atoms with Crippen molar-refractivity contribution in [2.75, 3.05) is 5.32 Å². The maximum atomic E-state index is 11.8. The molecule has 0 fully saturated rings. The van der Waals surface area contributed by atoms with E-state index in [1.807, 2.05) is 36.6 Å². The van der Waals surface area contributed by atoms with Gasteiger partial charge in [-0.05, 0) is 24.6 Å². The van der Waals surface area contributed by atoms with Gasteiger partial charge >= 0.3 is 0 Å². The lowest BCUT2D eigenvalue weighted by Gasteiger charge is -2.05. The van der Waals surface area contributed by atoms with E-state index in [1.165, 1.54) is 0 Å². The third-order valence-corrected chi connectivity index (χ3v) is 3.28. The van der Waals surface area contributed by atoms with E-state index in [1.54, 1.807) is 11.3 Å². The molecule has 1 amide bonds. The second-order valence-corrected chi connectivity index (χ2v) is 5.05. The van der Waals surface area contributed by atoms with Crippen molar-refractivity contribution in [3.05, 3.63) is 45.9 Å². The van der Waals surface area contributed by atoms with Gasteiger partial charge in [-0.2, -0.15) is 0 Å². The second kappa shape index (κ2) is 5.75. The molecule has 2 rings (SSSR count). The highest BCUT2D eigenvalue weighted by Gasteiger charge is 2.06. The summed E-state index contributed by atoms with van der Waals surface area (Å²) in [6.45, 7) is 2.39. The summed E-state index contributed by atoms with van der Waals surface area (Å²) in [6, 6.07) is 7.54. The molecule has 3 N–H and O–H groups in total. The number of carbonyl (C=O) groups excluding carboxylic acids is 1. The highest BCUT2D eigenvalue weighted by atomic mass is 32.1. The van der Waals surface area contributed by atoms with Crippen molar-refractivity contribution in [3.8, 4) is 0 Å². The van der Waals surface area contributed by atoms with Crippen LogP contribution >= 0.6 is 11.3 Å². The molecule has 0 saturated carbocycles. The third kappa shape index (κ3) is 3.38. The average Bonchev–Trinajstić information content (AvgIpc) is 2.74. The number of aryl methyl sites for hydroxylation is 1. The molecule has 0 bridgehead atoms. The molecule has 0 unspecified atom stereocenters. The largest absolute Gasteiger partial charge is 0.326 e. The first kappa shape index (κ1) is 12.7. The van der Waals surface area contributed by atoms with Gasteiger partial charge in [0, 0.05) is 17.6 Å². The molecule has 0 radical (unpaired) electrons. The number of nitrogens with one attached hydrogen (secondary N) is 1. The Morgan fingerprint density at radius 3 is 3.00 bits per heavy atom. The number of amides is 1. The van der Waals surface area contributed by atoms with Crippen LogP contribution in [0.4, 0.5) is 5.69 Å². The summed E-state index contributed by atoms with van der Waals surface area (Å²) in [7, 11) is 0. The zero-order chi connectivity index (χ0) is 13.0. The lowest BCUT2D eigenvalue weighted by molar-refractivity contribution is -0.115. The van der Waals surface area contributed by atoms with Crippen LogP contribution in [0, 0.1) is 6.92 Å². The van der Waals surface area contributed by atoms with E-state index in [9.17, 15) is 4.79 Å². The van der Waals surface area contributed by atoms with E-state index in [2.05, 4.69) is 10.3 Å². The van der Waals surface area contributed by atoms with Gasteiger partial charge in [-0.3, -0.25) is 4.79 Å². The maximum absolute atomic E-state index is 11.8. The van der Waals surface area contributed by atoms with Gasteiger partial charge < -0.3 is 11.1 Å². The van der Waals surface area contributed by atoms with Crippen LogP contribution in [-0.2, 0) is 17.8 Å². The number of hydrogen-bond acceptors (Lipinski definition) is 4. The predicted molar refractivity (Wildman–Crippen MR) is 73.5 cm³/mol. The van der Waals surface area contributed by atoms with Gasteiger partial charge in [-0.15, -0.1) is 11.3 Å². The first-order valence-electron chi connectivity index (χ1n) is 5.67. The Kier molecular flexibility index (Phi) is 4.07. The van der Waals surface area contributed by atoms with Crippen LogP contribution in [0.25, 0.3) is 0 Å². The first-order valence-corrected chi connectivity index (χ1v) is 6.55. The molecule has 0 atom stereocenters. The number of carbonyl (C=O) groups is 1. The summed E-state index contributed by atoms with van der Waals surface area (Å²) in [5.41, 5.74) is 8.14. The Balaban J connectivity index is 1.98. The van der Waals surface area contributed by atoms with E-state index in [4.69, 9.17) is 5.73 Å². The molecule has 0 aliphatic heterocycles. The van der Waals surface area contributed by atoms with Crippen LogP contribution in [0.1, 0.15) is 16.3 Å². The Bertz CT molecular complexity index is 551. The van der Waals surface area contributed by atoms with Gasteiger partial charge in [0.25, 0.3) is 0 Å². The number of benzene rings is 1. The molecule has 0 aliphatic carbocycles. The Morgan fingerprint density at radius 2 is 2.33 bits per heavy atom. The van der Waals surface area contributed by atoms with E-state index in [0.717, 1.165) is 22.0 Å². The van der Waals surface area contributed by atoms with Crippen molar-refractivity contribution in [1.82, 2.24) is 4.98 Å². The monoisotopic (exact) mass is 261 g/mol. The quantitative estimate of drug-likeness (QED) is 0.885. The van der Waals surface area contributed by atoms with Gasteiger partial charge in [0.05, 0.1) is 17.1 Å². The smallest absolute Gasteiger partial charge is 0.230 e. The molecule has 4 nitrogen and oxygen atoms in total. The Labute approximate surface area is 110 Å². The number of nitrogens with two attached hydrogens (primary N) is 1. The molecular weight excluding hydrogens is 246 g/mol. The number of anilines is 1. The molecule has 94 valence electrons. The van der Waals surface area contributed by atoms with Crippen LogP contribution in [0.5, 0.6) is 0 Å². The first-order chi connectivity index (χ1) is 8.67. The minimum absolute atomic E-state index is 0.0607. The fraction of sp³-hybridized carbons (Fsp3) is 0.231. The van der Waals surface area contributed by atoms with Crippen LogP contribution < -0.4 is 11.1 Å². The summed E-state index contributed by atoms with van der Waals surface area (Å²) in [6.07, 6.45) is 0.303. The number of nitrogens with zero attached hydrogens (tertiary/aromatic N) is 1. The molecular formula is C13H15N3OS. The summed E-state index contributed by atoms with van der Waals surface area (Å²) in [5.74, 6) is -0.0607. The zero-order valence-corrected chi connectivity index (χ0v) is 11.0. The molecule has 0 saturated heterocycles. The third-order valence-electron chi connectivity index (χ3n) is 2.45. The van der Waals surface area contributed by atoms with Crippen molar-refractivity contribution in [1.29, 1.82) is 0 Å². The molecule has 5 heteroatoms. The molecule has 2 aromatic rings. The van der Waals surface area contributed by atoms with Crippen LogP contribution in [0.3, 0.4) is 0 Å². The lowest BCUT2D eigenvalue weighted by Crippen LogP contribution is -2.14. The van der Waals surface area contributed by atoms with E-state index < -0.39 is 0 Å². The minimum Gasteiger partial charge on any atom is -0.326 e.